The fourth-order valence-corrected chi connectivity index (χ4v) is 1.69. The number of anilines is 2. The number of nitrogens with zero attached hydrogens (tertiary/aromatic N) is 3. The third-order valence-electron chi connectivity index (χ3n) is 2.74. The van der Waals surface area contributed by atoms with Crippen LogP contribution >= 0.6 is 11.6 Å². The number of halogens is 1. The van der Waals surface area contributed by atoms with Gasteiger partial charge in [0.15, 0.2) is 0 Å². The summed E-state index contributed by atoms with van der Waals surface area (Å²) in [6.45, 7) is 2.07. The van der Waals surface area contributed by atoms with E-state index in [-0.39, 0.29) is 6.04 Å². The van der Waals surface area contributed by atoms with Gasteiger partial charge >= 0.3 is 0 Å². The van der Waals surface area contributed by atoms with Gasteiger partial charge in [-0.25, -0.2) is 5.10 Å². The molecule has 2 aromatic rings. The normalized spacial score (nSPS) is 12.4. The number of nitrogen functional groups attached to an aromatic ring is 1. The number of hydrogen-bond donors (Lipinski definition) is 2. The highest BCUT2D eigenvalue weighted by Gasteiger charge is 2.15. The van der Waals surface area contributed by atoms with E-state index >= 15 is 0 Å². The van der Waals surface area contributed by atoms with Gasteiger partial charge in [0.05, 0.1) is 6.04 Å². The lowest BCUT2D eigenvalue weighted by Crippen LogP contribution is -2.22. The van der Waals surface area contributed by atoms with Crippen LogP contribution in [0.4, 0.5) is 11.9 Å². The quantitative estimate of drug-likeness (QED) is 0.878. The number of nitrogens with one attached hydrogen (secondary N) is 1. The van der Waals surface area contributed by atoms with Crippen molar-refractivity contribution in [1.82, 2.24) is 15.2 Å². The minimum atomic E-state index is 0.141. The summed E-state index contributed by atoms with van der Waals surface area (Å²) < 4.78 is 0. The van der Waals surface area contributed by atoms with Crippen molar-refractivity contribution in [3.8, 4) is 0 Å². The van der Waals surface area contributed by atoms with E-state index in [1.54, 1.807) is 0 Å². The van der Waals surface area contributed by atoms with Crippen LogP contribution in [0, 0.1) is 0 Å². The van der Waals surface area contributed by atoms with Gasteiger partial charge < -0.3 is 10.6 Å². The second-order valence-corrected chi connectivity index (χ2v) is 4.30. The first-order valence-corrected chi connectivity index (χ1v) is 5.62. The maximum atomic E-state index is 5.86. The largest absolute Gasteiger partial charge is 0.368 e. The molecular weight excluding hydrogens is 238 g/mol. The van der Waals surface area contributed by atoms with Crippen LogP contribution in [0.1, 0.15) is 18.5 Å². The van der Waals surface area contributed by atoms with Gasteiger partial charge in [-0.15, -0.1) is 5.10 Å². The van der Waals surface area contributed by atoms with Gasteiger partial charge in [-0.2, -0.15) is 4.98 Å². The summed E-state index contributed by atoms with van der Waals surface area (Å²) in [5, 5.41) is 7.36. The van der Waals surface area contributed by atoms with E-state index in [0.29, 0.717) is 11.9 Å². The minimum absolute atomic E-state index is 0.141. The lowest BCUT2D eigenvalue weighted by atomic mass is 10.1. The van der Waals surface area contributed by atoms with Crippen molar-refractivity contribution in [2.75, 3.05) is 17.7 Å². The number of hydrogen-bond acceptors (Lipinski definition) is 4. The molecule has 1 aromatic heterocycles. The predicted molar refractivity (Wildman–Crippen MR) is 69.1 cm³/mol. The Labute approximate surface area is 105 Å². The Morgan fingerprint density at radius 2 is 2.00 bits per heavy atom. The first-order chi connectivity index (χ1) is 8.08. The van der Waals surface area contributed by atoms with Gasteiger partial charge in [0, 0.05) is 12.1 Å². The van der Waals surface area contributed by atoms with Crippen LogP contribution < -0.4 is 10.6 Å². The monoisotopic (exact) mass is 251 g/mol. The van der Waals surface area contributed by atoms with Gasteiger partial charge in [-0.1, -0.05) is 23.7 Å². The molecule has 1 unspecified atom stereocenters. The molecule has 0 aliphatic heterocycles. The van der Waals surface area contributed by atoms with E-state index in [0.717, 1.165) is 10.6 Å². The molecule has 1 aromatic carbocycles. The molecule has 0 fully saturated rings. The number of benzene rings is 1. The van der Waals surface area contributed by atoms with E-state index in [4.69, 9.17) is 17.3 Å². The topological polar surface area (TPSA) is 70.8 Å². The van der Waals surface area contributed by atoms with Gasteiger partial charge in [-0.05, 0) is 24.6 Å². The molecule has 0 aliphatic rings. The zero-order chi connectivity index (χ0) is 12.4. The SMILES string of the molecule is CC(c1ccc(Cl)cc1)N(C)c1n[nH]c(N)n1. The van der Waals surface area contributed by atoms with Gasteiger partial charge in [-0.3, -0.25) is 0 Å². The number of nitrogens with two attached hydrogens (primary N) is 1. The van der Waals surface area contributed by atoms with Crippen LogP contribution in [0.15, 0.2) is 24.3 Å². The fraction of sp³-hybridized carbons (Fsp3) is 0.273. The lowest BCUT2D eigenvalue weighted by molar-refractivity contribution is 0.717. The van der Waals surface area contributed by atoms with Crippen molar-refractivity contribution < 1.29 is 0 Å². The Hall–Kier alpha value is -1.75. The number of aromatic nitrogens is 3. The number of rotatable bonds is 3. The third-order valence-corrected chi connectivity index (χ3v) is 2.99. The summed E-state index contributed by atoms with van der Waals surface area (Å²) in [7, 11) is 1.92. The molecular formula is C11H14ClN5. The zero-order valence-corrected chi connectivity index (χ0v) is 10.4. The second kappa shape index (κ2) is 4.63. The van der Waals surface area contributed by atoms with Gasteiger partial charge in [0.2, 0.25) is 11.9 Å². The van der Waals surface area contributed by atoms with Crippen LogP contribution in [-0.4, -0.2) is 22.2 Å². The summed E-state index contributed by atoms with van der Waals surface area (Å²) in [4.78, 5) is 6.03. The predicted octanol–water partition coefficient (Wildman–Crippen LogP) is 2.24. The van der Waals surface area contributed by atoms with Crippen molar-refractivity contribution in [3.63, 3.8) is 0 Å². The Morgan fingerprint density at radius 3 is 2.53 bits per heavy atom. The number of H-pyrrole nitrogens is 1. The smallest absolute Gasteiger partial charge is 0.246 e. The average molecular weight is 252 g/mol. The lowest BCUT2D eigenvalue weighted by Gasteiger charge is -2.23. The molecule has 2 rings (SSSR count). The van der Waals surface area contributed by atoms with Crippen LogP contribution in [0.3, 0.4) is 0 Å². The molecule has 0 radical (unpaired) electrons. The Bertz CT molecular complexity index is 493. The second-order valence-electron chi connectivity index (χ2n) is 3.86. The highest BCUT2D eigenvalue weighted by molar-refractivity contribution is 6.30. The highest BCUT2D eigenvalue weighted by atomic mass is 35.5. The zero-order valence-electron chi connectivity index (χ0n) is 9.68. The van der Waals surface area contributed by atoms with Gasteiger partial charge in [0.1, 0.15) is 0 Å². The van der Waals surface area contributed by atoms with Crippen LogP contribution in [0.25, 0.3) is 0 Å². The van der Waals surface area contributed by atoms with E-state index in [1.165, 1.54) is 0 Å². The standard InChI is InChI=1S/C11H14ClN5/c1-7(8-3-5-9(12)6-4-8)17(2)11-14-10(13)15-16-11/h3-7H,1-2H3,(H3,13,14,15,16). The Balaban J connectivity index is 2.19. The van der Waals surface area contributed by atoms with Crippen LogP contribution in [0.2, 0.25) is 5.02 Å². The molecule has 3 N–H and O–H groups in total. The van der Waals surface area contributed by atoms with Crippen molar-refractivity contribution in [3.05, 3.63) is 34.9 Å². The summed E-state index contributed by atoms with van der Waals surface area (Å²) in [6, 6.07) is 7.85. The average Bonchev–Trinajstić information content (AvgIpc) is 2.75. The number of aromatic amines is 1. The van der Waals surface area contributed by atoms with E-state index < -0.39 is 0 Å². The first-order valence-electron chi connectivity index (χ1n) is 5.24. The molecule has 0 bridgehead atoms. The fourth-order valence-electron chi connectivity index (χ4n) is 1.56. The van der Waals surface area contributed by atoms with Crippen LogP contribution in [-0.2, 0) is 0 Å². The molecule has 0 spiro atoms. The van der Waals surface area contributed by atoms with E-state index in [2.05, 4.69) is 22.1 Å². The maximum Gasteiger partial charge on any atom is 0.246 e. The summed E-state index contributed by atoms with van der Waals surface area (Å²) >= 11 is 5.86. The summed E-state index contributed by atoms with van der Waals surface area (Å²) in [6.07, 6.45) is 0. The molecule has 1 atom stereocenters. The van der Waals surface area contributed by atoms with Crippen molar-refractivity contribution >= 4 is 23.5 Å². The molecule has 0 saturated heterocycles. The minimum Gasteiger partial charge on any atom is -0.368 e. The summed E-state index contributed by atoms with van der Waals surface area (Å²) in [5.74, 6) is 0.889. The molecule has 0 saturated carbocycles. The molecule has 0 aliphatic carbocycles. The molecule has 5 nitrogen and oxygen atoms in total. The van der Waals surface area contributed by atoms with Crippen molar-refractivity contribution in [2.24, 2.45) is 0 Å². The first kappa shape index (κ1) is 11.7. The molecule has 1 heterocycles. The van der Waals surface area contributed by atoms with E-state index in [9.17, 15) is 0 Å². The van der Waals surface area contributed by atoms with E-state index in [1.807, 2.05) is 36.2 Å². The third kappa shape index (κ3) is 2.50. The highest BCUT2D eigenvalue weighted by Crippen LogP contribution is 2.23. The Morgan fingerprint density at radius 1 is 1.35 bits per heavy atom. The Kier molecular flexibility index (Phi) is 3.19. The maximum absolute atomic E-state index is 5.86. The van der Waals surface area contributed by atoms with Crippen molar-refractivity contribution in [2.45, 2.75) is 13.0 Å². The molecule has 6 heteroatoms. The van der Waals surface area contributed by atoms with Crippen molar-refractivity contribution in [1.29, 1.82) is 0 Å². The summed E-state index contributed by atoms with van der Waals surface area (Å²) in [5.41, 5.74) is 6.64. The molecule has 17 heavy (non-hydrogen) atoms. The molecule has 90 valence electrons. The van der Waals surface area contributed by atoms with Gasteiger partial charge in [0.25, 0.3) is 0 Å². The van der Waals surface area contributed by atoms with Crippen LogP contribution in [0.5, 0.6) is 0 Å². The molecule has 0 amide bonds.